The normalized spacial score (nSPS) is 23.1. The third-order valence-corrected chi connectivity index (χ3v) is 7.87. The molecule has 0 spiro atoms. The van der Waals surface area contributed by atoms with Crippen LogP contribution >= 0.6 is 0 Å². The number of aldehydes is 1. The molecule has 3 aliphatic rings. The van der Waals surface area contributed by atoms with Crippen LogP contribution in [0, 0.1) is 11.3 Å². The van der Waals surface area contributed by atoms with E-state index in [2.05, 4.69) is 38.5 Å². The number of carbonyl (C=O) groups excluding carboxylic acids is 2. The highest BCUT2D eigenvalue weighted by atomic mass is 16.5. The smallest absolute Gasteiger partial charge is 0.328 e. The van der Waals surface area contributed by atoms with Gasteiger partial charge in [0, 0.05) is 45.0 Å². The Balaban J connectivity index is 1.34. The van der Waals surface area contributed by atoms with Crippen molar-refractivity contribution in [3.63, 3.8) is 0 Å². The predicted molar refractivity (Wildman–Crippen MR) is 146 cm³/mol. The Bertz CT molecular complexity index is 1260. The summed E-state index contributed by atoms with van der Waals surface area (Å²) < 4.78 is 11.1. The van der Waals surface area contributed by atoms with Gasteiger partial charge < -0.3 is 14.8 Å². The van der Waals surface area contributed by atoms with Gasteiger partial charge in [-0.3, -0.25) is 19.9 Å². The molecular weight excluding hydrogens is 498 g/mol. The summed E-state index contributed by atoms with van der Waals surface area (Å²) in [4.78, 5) is 38.2. The number of nitrogens with zero attached hydrogens (tertiary/aromatic N) is 5. The van der Waals surface area contributed by atoms with Gasteiger partial charge in [-0.15, -0.1) is 0 Å². The fourth-order valence-corrected chi connectivity index (χ4v) is 5.68. The molecule has 1 aliphatic carbocycles. The van der Waals surface area contributed by atoms with Crippen LogP contribution in [0.1, 0.15) is 59.8 Å². The molecule has 39 heavy (non-hydrogen) atoms. The van der Waals surface area contributed by atoms with Crippen LogP contribution in [0.5, 0.6) is 0 Å². The zero-order valence-electron chi connectivity index (χ0n) is 22.5. The Morgan fingerprint density at radius 2 is 2.18 bits per heavy atom. The number of nitriles is 1. The molecule has 2 aliphatic heterocycles. The van der Waals surface area contributed by atoms with Crippen molar-refractivity contribution in [2.24, 2.45) is 0 Å². The van der Waals surface area contributed by atoms with Crippen molar-refractivity contribution < 1.29 is 19.1 Å². The van der Waals surface area contributed by atoms with Gasteiger partial charge in [0.15, 0.2) is 6.29 Å². The molecule has 2 N–H and O–H groups in total. The van der Waals surface area contributed by atoms with Crippen molar-refractivity contribution in [1.29, 1.82) is 5.26 Å². The first-order valence-electron chi connectivity index (χ1n) is 13.6. The first kappa shape index (κ1) is 27.0. The summed E-state index contributed by atoms with van der Waals surface area (Å²) in [5.41, 5.74) is 3.17. The van der Waals surface area contributed by atoms with Gasteiger partial charge in [0.05, 0.1) is 36.6 Å². The topological polar surface area (TPSA) is 133 Å². The number of carbonyl (C=O) groups is 2. The van der Waals surface area contributed by atoms with Gasteiger partial charge in [-0.25, -0.2) is 14.8 Å². The minimum atomic E-state index is -0.381. The number of aromatic nitrogens is 2. The van der Waals surface area contributed by atoms with E-state index in [1.54, 1.807) is 18.1 Å². The van der Waals surface area contributed by atoms with Crippen LogP contribution < -0.4 is 15.5 Å². The number of morpholine rings is 1. The number of anilines is 3. The van der Waals surface area contributed by atoms with Gasteiger partial charge >= 0.3 is 6.03 Å². The summed E-state index contributed by atoms with van der Waals surface area (Å²) in [6.07, 6.45) is 6.80. The number of ether oxygens (including phenoxy) is 2. The summed E-state index contributed by atoms with van der Waals surface area (Å²) in [6.45, 7) is 5.33. The minimum Gasteiger partial charge on any atom is -0.379 e. The Hall–Kier alpha value is -3.59. The van der Waals surface area contributed by atoms with E-state index in [0.29, 0.717) is 54.9 Å². The highest BCUT2D eigenvalue weighted by molar-refractivity contribution is 6.01. The molecule has 11 nitrogen and oxygen atoms in total. The van der Waals surface area contributed by atoms with Gasteiger partial charge in [-0.05, 0) is 56.2 Å². The number of nitrogens with one attached hydrogen (secondary N) is 2. The average Bonchev–Trinajstić information content (AvgIpc) is 3.40. The molecular formula is C28H35N7O4. The molecule has 1 saturated carbocycles. The first-order chi connectivity index (χ1) is 19.0. The maximum absolute atomic E-state index is 13.4. The van der Waals surface area contributed by atoms with Crippen molar-refractivity contribution in [3.8, 4) is 6.07 Å². The fraction of sp³-hybridized carbons (Fsp3) is 0.536. The van der Waals surface area contributed by atoms with Gasteiger partial charge in [0.1, 0.15) is 23.4 Å². The predicted octanol–water partition coefficient (Wildman–Crippen LogP) is 3.35. The fourth-order valence-electron chi connectivity index (χ4n) is 5.68. The highest BCUT2D eigenvalue weighted by Crippen LogP contribution is 2.30. The SMILES string of the molecule is CO[C@@H]1CCC[C@H]1Nc1cc(NC(=O)N2CCCc3cc(CN4CCOCC4C)c(C=O)nc32)ncc1C#N. The quantitative estimate of drug-likeness (QED) is 0.514. The molecule has 2 fully saturated rings. The van der Waals surface area contributed by atoms with Crippen LogP contribution in [-0.2, 0) is 22.4 Å². The van der Waals surface area contributed by atoms with Crippen LogP contribution in [0.2, 0.25) is 0 Å². The van der Waals surface area contributed by atoms with Crippen LogP contribution in [0.4, 0.5) is 22.1 Å². The number of aryl methyl sites for hydroxylation is 1. The second-order valence-electron chi connectivity index (χ2n) is 10.4. The van der Waals surface area contributed by atoms with E-state index in [1.165, 1.54) is 6.20 Å². The average molecular weight is 534 g/mol. The zero-order chi connectivity index (χ0) is 27.4. The van der Waals surface area contributed by atoms with Crippen molar-refractivity contribution in [1.82, 2.24) is 14.9 Å². The minimum absolute atomic E-state index is 0.0713. The van der Waals surface area contributed by atoms with Crippen LogP contribution in [-0.4, -0.2) is 78.8 Å². The molecule has 4 heterocycles. The van der Waals surface area contributed by atoms with Crippen LogP contribution in [0.25, 0.3) is 0 Å². The molecule has 2 aromatic rings. The first-order valence-corrected chi connectivity index (χ1v) is 13.6. The van der Waals surface area contributed by atoms with Crippen LogP contribution in [0.3, 0.4) is 0 Å². The number of fused-ring (bicyclic) bond motifs is 1. The number of hydrogen-bond acceptors (Lipinski definition) is 9. The maximum atomic E-state index is 13.4. The molecule has 2 aromatic heterocycles. The molecule has 0 aromatic carbocycles. The van der Waals surface area contributed by atoms with E-state index < -0.39 is 0 Å². The molecule has 5 rings (SSSR count). The Morgan fingerprint density at radius 3 is 2.95 bits per heavy atom. The summed E-state index contributed by atoms with van der Waals surface area (Å²) in [6, 6.07) is 5.83. The van der Waals surface area contributed by atoms with E-state index in [-0.39, 0.29) is 24.2 Å². The second kappa shape index (κ2) is 12.1. The second-order valence-corrected chi connectivity index (χ2v) is 10.4. The Labute approximate surface area is 228 Å². The number of methoxy groups -OCH3 is 1. The third kappa shape index (κ3) is 5.88. The highest BCUT2D eigenvalue weighted by Gasteiger charge is 2.29. The number of amides is 2. The summed E-state index contributed by atoms with van der Waals surface area (Å²) >= 11 is 0. The lowest BCUT2D eigenvalue weighted by Crippen LogP contribution is -2.43. The van der Waals surface area contributed by atoms with E-state index >= 15 is 0 Å². The van der Waals surface area contributed by atoms with E-state index in [0.717, 1.165) is 56.1 Å². The van der Waals surface area contributed by atoms with Crippen molar-refractivity contribution >= 4 is 29.6 Å². The van der Waals surface area contributed by atoms with E-state index in [1.807, 2.05) is 6.07 Å². The zero-order valence-corrected chi connectivity index (χ0v) is 22.5. The lowest BCUT2D eigenvalue weighted by Gasteiger charge is -2.34. The summed E-state index contributed by atoms with van der Waals surface area (Å²) in [7, 11) is 1.70. The molecule has 2 amide bonds. The summed E-state index contributed by atoms with van der Waals surface area (Å²) in [5.74, 6) is 0.828. The maximum Gasteiger partial charge on any atom is 0.328 e. The number of hydrogen-bond donors (Lipinski definition) is 2. The van der Waals surface area contributed by atoms with Gasteiger partial charge in [-0.1, -0.05) is 0 Å². The van der Waals surface area contributed by atoms with Gasteiger partial charge in [0.2, 0.25) is 0 Å². The van der Waals surface area contributed by atoms with Crippen molar-refractivity contribution in [3.05, 3.63) is 40.7 Å². The number of urea groups is 1. The molecule has 1 unspecified atom stereocenters. The lowest BCUT2D eigenvalue weighted by molar-refractivity contribution is -0.00448. The molecule has 0 radical (unpaired) electrons. The Kier molecular flexibility index (Phi) is 8.35. The standard InChI is InChI=1S/C28H35N7O4/c1-18-17-39-10-9-34(18)15-20-11-19-5-4-8-35(27(19)32-24(20)16-36)28(37)33-26-12-23(21(13-29)14-30-26)31-22-6-3-7-25(22)38-2/h11-12,14,16,18,22,25H,3-10,15,17H2,1-2H3,(H2,30,31,33,37)/t18?,22-,25-/m1/s1. The molecule has 0 bridgehead atoms. The number of pyridine rings is 2. The largest absolute Gasteiger partial charge is 0.379 e. The van der Waals surface area contributed by atoms with Gasteiger partial charge in [0.25, 0.3) is 0 Å². The number of rotatable bonds is 7. The van der Waals surface area contributed by atoms with E-state index in [4.69, 9.17) is 9.47 Å². The molecule has 3 atom stereocenters. The molecule has 11 heteroatoms. The Morgan fingerprint density at radius 1 is 1.31 bits per heavy atom. The molecule has 1 saturated heterocycles. The third-order valence-electron chi connectivity index (χ3n) is 7.87. The van der Waals surface area contributed by atoms with Crippen LogP contribution in [0.15, 0.2) is 18.3 Å². The monoisotopic (exact) mass is 533 g/mol. The lowest BCUT2D eigenvalue weighted by atomic mass is 10.0. The van der Waals surface area contributed by atoms with E-state index in [9.17, 15) is 14.9 Å². The summed E-state index contributed by atoms with van der Waals surface area (Å²) in [5, 5.41) is 15.9. The van der Waals surface area contributed by atoms with Crippen molar-refractivity contribution in [2.45, 2.75) is 63.8 Å². The molecule has 206 valence electrons. The van der Waals surface area contributed by atoms with Gasteiger partial charge in [-0.2, -0.15) is 5.26 Å². The van der Waals surface area contributed by atoms with Crippen molar-refractivity contribution in [2.75, 3.05) is 48.9 Å².